The van der Waals surface area contributed by atoms with Crippen LogP contribution in [0, 0.1) is 0 Å². The quantitative estimate of drug-likeness (QED) is 0.184. The van der Waals surface area contributed by atoms with Crippen molar-refractivity contribution in [1.29, 1.82) is 0 Å². The zero-order valence-corrected chi connectivity index (χ0v) is 24.2. The van der Waals surface area contributed by atoms with E-state index in [4.69, 9.17) is 29.2 Å². The molecule has 2 aliphatic carbocycles. The Kier molecular flexibility index (Phi) is 8.07. The zero-order chi connectivity index (χ0) is 32.1. The number of likely N-dealkylation sites (N-methyl/N-ethyl adjacent to an activating group) is 1. The van der Waals surface area contributed by atoms with Crippen molar-refractivity contribution in [2.24, 2.45) is 0 Å². The van der Waals surface area contributed by atoms with Gasteiger partial charge in [0.2, 0.25) is 6.10 Å². The minimum atomic E-state index is -2.07. The molecule has 15 heteroatoms. The van der Waals surface area contributed by atoms with E-state index in [1.165, 1.54) is 7.11 Å². The van der Waals surface area contributed by atoms with Crippen LogP contribution in [0.1, 0.15) is 43.7 Å². The molecule has 238 valence electrons. The van der Waals surface area contributed by atoms with Gasteiger partial charge in [-0.1, -0.05) is 6.07 Å². The maximum atomic E-state index is 12.9. The Morgan fingerprint density at radius 3 is 2.50 bits per heavy atom. The number of likely N-dealkylation sites (tertiary alicyclic amines) is 1. The van der Waals surface area contributed by atoms with Gasteiger partial charge in [-0.2, -0.15) is 0 Å². The van der Waals surface area contributed by atoms with Crippen molar-refractivity contribution in [1.82, 2.24) is 4.90 Å². The van der Waals surface area contributed by atoms with E-state index in [2.05, 4.69) is 9.64 Å². The van der Waals surface area contributed by atoms with E-state index in [-0.39, 0.29) is 18.2 Å². The van der Waals surface area contributed by atoms with Crippen LogP contribution in [0.2, 0.25) is 0 Å². The molecule has 0 radical (unpaired) electrons. The van der Waals surface area contributed by atoms with Crippen LogP contribution in [0.15, 0.2) is 24.0 Å². The summed E-state index contributed by atoms with van der Waals surface area (Å²) in [4.78, 5) is 61.5. The molecule has 0 aromatic heterocycles. The topological polar surface area (TPSA) is 216 Å². The van der Waals surface area contributed by atoms with Crippen LogP contribution >= 0.6 is 0 Å². The number of hydrogen-bond donors (Lipinski definition) is 4. The minimum Gasteiger partial charge on any atom is -0.493 e. The van der Waals surface area contributed by atoms with Gasteiger partial charge in [-0.25, -0.2) is 14.4 Å². The lowest BCUT2D eigenvalue weighted by Gasteiger charge is -2.61. The summed E-state index contributed by atoms with van der Waals surface area (Å²) in [5.41, 5.74) is -0.342. The fourth-order valence-electron chi connectivity index (χ4n) is 6.88. The zero-order valence-electron chi connectivity index (χ0n) is 24.2. The summed E-state index contributed by atoms with van der Waals surface area (Å²) in [7, 11) is 3.46. The monoisotopic (exact) mass is 619 g/mol. The standard InChI is InChI=1S/C29H33NO14/c1-13(26(37)43-18(25(35)36)12-20(32)33)41-27(38)15(31)11-21(34)42-17-6-7-29(39)19-10-14-4-5-16(40-3)23-22(14)28(29,24(17)44-23)8-9-30(19)2/h4-6,13,15,18-19,24,31,39H,7-12H2,1-3H3,(H,32,33)(H,35,36)/t13?,15?,18?,19-,24+,28+,29-/m1/s1. The van der Waals surface area contributed by atoms with E-state index < -0.39 is 78.1 Å². The third-order valence-corrected chi connectivity index (χ3v) is 8.94. The first kappa shape index (κ1) is 31.2. The highest BCUT2D eigenvalue weighted by Crippen LogP contribution is 2.65. The molecule has 2 heterocycles. The van der Waals surface area contributed by atoms with Gasteiger partial charge in [0.15, 0.2) is 29.8 Å². The van der Waals surface area contributed by atoms with E-state index >= 15 is 0 Å². The second kappa shape index (κ2) is 11.4. The number of rotatable bonds is 11. The minimum absolute atomic E-state index is 0.115. The van der Waals surface area contributed by atoms with E-state index in [9.17, 15) is 34.2 Å². The van der Waals surface area contributed by atoms with E-state index in [0.717, 1.165) is 18.1 Å². The average Bonchev–Trinajstić information content (AvgIpc) is 3.31. The summed E-state index contributed by atoms with van der Waals surface area (Å²) in [6.45, 7) is 1.67. The van der Waals surface area contributed by atoms with E-state index in [1.807, 2.05) is 13.1 Å². The fraction of sp³-hybridized carbons (Fsp3) is 0.552. The Bertz CT molecular complexity index is 1440. The molecule has 1 fully saturated rings. The van der Waals surface area contributed by atoms with Crippen LogP contribution in [-0.2, 0) is 50.0 Å². The Morgan fingerprint density at radius 1 is 1.11 bits per heavy atom. The van der Waals surface area contributed by atoms with E-state index in [0.29, 0.717) is 30.9 Å². The lowest BCUT2D eigenvalue weighted by molar-refractivity contribution is -0.181. The summed E-state index contributed by atoms with van der Waals surface area (Å²) in [5.74, 6) is -5.97. The normalized spacial score (nSPS) is 28.2. The molecule has 44 heavy (non-hydrogen) atoms. The molecule has 1 aromatic rings. The Morgan fingerprint density at radius 2 is 1.84 bits per heavy atom. The second-order valence-electron chi connectivity index (χ2n) is 11.4. The van der Waals surface area contributed by atoms with Crippen molar-refractivity contribution in [2.75, 3.05) is 20.7 Å². The highest BCUT2D eigenvalue weighted by molar-refractivity contribution is 5.87. The van der Waals surface area contributed by atoms with Crippen molar-refractivity contribution in [2.45, 2.75) is 80.5 Å². The van der Waals surface area contributed by atoms with Gasteiger partial charge in [0.05, 0.1) is 31.0 Å². The molecule has 1 aromatic carbocycles. The van der Waals surface area contributed by atoms with Crippen molar-refractivity contribution in [3.8, 4) is 11.5 Å². The molecular weight excluding hydrogens is 586 g/mol. The molecule has 3 unspecified atom stereocenters. The predicted molar refractivity (Wildman–Crippen MR) is 144 cm³/mol. The maximum absolute atomic E-state index is 12.9. The molecule has 1 saturated heterocycles. The van der Waals surface area contributed by atoms with Crippen molar-refractivity contribution in [3.63, 3.8) is 0 Å². The van der Waals surface area contributed by atoms with Gasteiger partial charge in [-0.05, 0) is 51.1 Å². The van der Waals surface area contributed by atoms with Crippen molar-refractivity contribution >= 4 is 29.8 Å². The largest absolute Gasteiger partial charge is 0.493 e. The van der Waals surface area contributed by atoms with Gasteiger partial charge < -0.3 is 49.0 Å². The van der Waals surface area contributed by atoms with Crippen LogP contribution in [0.25, 0.3) is 0 Å². The van der Waals surface area contributed by atoms with Crippen molar-refractivity contribution < 1.29 is 68.1 Å². The fourth-order valence-corrected chi connectivity index (χ4v) is 6.88. The summed E-state index contributed by atoms with van der Waals surface area (Å²) in [5, 5.41) is 40.3. The number of carboxylic acids is 2. The Balaban J connectivity index is 1.27. The summed E-state index contributed by atoms with van der Waals surface area (Å²) in [6, 6.07) is 3.53. The van der Waals surface area contributed by atoms with Gasteiger partial charge in [-0.3, -0.25) is 9.59 Å². The summed E-state index contributed by atoms with van der Waals surface area (Å²) < 4.78 is 26.9. The van der Waals surface area contributed by atoms with Gasteiger partial charge in [-0.15, -0.1) is 0 Å². The number of carbonyl (C=O) groups excluding carboxylic acids is 3. The first-order valence-corrected chi connectivity index (χ1v) is 14.0. The third kappa shape index (κ3) is 4.94. The highest BCUT2D eigenvalue weighted by Gasteiger charge is 2.72. The first-order valence-electron chi connectivity index (χ1n) is 14.0. The van der Waals surface area contributed by atoms with Crippen LogP contribution in [0.4, 0.5) is 0 Å². The van der Waals surface area contributed by atoms with Crippen LogP contribution < -0.4 is 9.47 Å². The molecule has 2 bridgehead atoms. The number of methoxy groups -OCH3 is 1. The second-order valence-corrected chi connectivity index (χ2v) is 11.4. The van der Waals surface area contributed by atoms with Crippen molar-refractivity contribution in [3.05, 3.63) is 35.1 Å². The van der Waals surface area contributed by atoms with Gasteiger partial charge in [0.25, 0.3) is 0 Å². The highest BCUT2D eigenvalue weighted by atomic mass is 16.6. The molecule has 15 nitrogen and oxygen atoms in total. The number of aliphatic carboxylic acids is 2. The number of benzene rings is 1. The maximum Gasteiger partial charge on any atom is 0.348 e. The molecule has 4 N–H and O–H groups in total. The Labute approximate surface area is 250 Å². The van der Waals surface area contributed by atoms with Crippen LogP contribution in [0.3, 0.4) is 0 Å². The molecular formula is C29H33NO14. The molecule has 7 atom stereocenters. The first-order chi connectivity index (χ1) is 20.7. The number of piperidine rings is 1. The third-order valence-electron chi connectivity index (χ3n) is 8.94. The number of nitrogens with zero attached hydrogens (tertiary/aromatic N) is 1. The number of aliphatic hydroxyl groups is 2. The van der Waals surface area contributed by atoms with E-state index in [1.54, 1.807) is 12.1 Å². The molecule has 4 aliphatic rings. The Hall–Kier alpha value is -4.21. The smallest absolute Gasteiger partial charge is 0.348 e. The van der Waals surface area contributed by atoms with Crippen LogP contribution in [0.5, 0.6) is 11.5 Å². The van der Waals surface area contributed by atoms with Gasteiger partial charge >= 0.3 is 29.8 Å². The number of hydrogen-bond acceptors (Lipinski definition) is 13. The number of carboxylic acid groups (broad SMARTS) is 2. The molecule has 0 amide bonds. The number of carbonyl (C=O) groups is 5. The lowest BCUT2D eigenvalue weighted by Crippen LogP contribution is -2.74. The molecule has 5 rings (SSSR count). The average molecular weight is 620 g/mol. The number of aliphatic hydroxyl groups excluding tert-OH is 1. The SMILES string of the molecule is COc1ccc2c3c1O[C@H]1C(OC(=O)CC(O)C(=O)OC(C)C(=O)OC(CC(=O)O)C(=O)O)=CC[C@@]4(O)[C@@H](C2)N(C)CC[C@]314. The summed E-state index contributed by atoms with van der Waals surface area (Å²) >= 11 is 0. The molecule has 1 spiro atoms. The molecule has 2 aliphatic heterocycles. The molecule has 0 saturated carbocycles. The number of esters is 3. The van der Waals surface area contributed by atoms with Crippen LogP contribution in [-0.4, -0.2) is 112 Å². The lowest BCUT2D eigenvalue weighted by atomic mass is 9.50. The summed E-state index contributed by atoms with van der Waals surface area (Å²) in [6.07, 6.45) is -5.76. The van der Waals surface area contributed by atoms with Gasteiger partial charge in [0.1, 0.15) is 5.76 Å². The number of ether oxygens (including phenoxy) is 5. The van der Waals surface area contributed by atoms with Gasteiger partial charge in [0, 0.05) is 18.0 Å². The predicted octanol–water partition coefficient (Wildman–Crippen LogP) is -0.330.